The molecule has 5 atom stereocenters. The predicted octanol–water partition coefficient (Wildman–Crippen LogP) is 3.52. The van der Waals surface area contributed by atoms with E-state index in [9.17, 15) is 4.79 Å². The Morgan fingerprint density at radius 1 is 1.28 bits per heavy atom. The molecule has 1 unspecified atom stereocenters. The molecular weight excluding hydrogens is 362 g/mol. The van der Waals surface area contributed by atoms with Gasteiger partial charge in [0.2, 0.25) is 0 Å². The van der Waals surface area contributed by atoms with E-state index in [1.54, 1.807) is 0 Å². The molecule has 0 spiro atoms. The summed E-state index contributed by atoms with van der Waals surface area (Å²) in [5, 5.41) is 0. The van der Waals surface area contributed by atoms with Crippen LogP contribution in [-0.2, 0) is 9.53 Å². The Bertz CT molecular complexity index is 774. The second kappa shape index (κ2) is 7.42. The second-order valence-electron chi connectivity index (χ2n) is 9.88. The molecule has 4 aliphatic rings. The molecule has 2 aliphatic heterocycles. The van der Waals surface area contributed by atoms with Gasteiger partial charge in [-0.2, -0.15) is 0 Å². The van der Waals surface area contributed by atoms with E-state index in [2.05, 4.69) is 34.4 Å². The first-order valence-corrected chi connectivity index (χ1v) is 11.3. The van der Waals surface area contributed by atoms with Crippen molar-refractivity contribution in [3.8, 4) is 0 Å². The number of fused-ring (bicyclic) bond motifs is 2. The Hall–Kier alpha value is -1.88. The number of pyridine rings is 1. The van der Waals surface area contributed by atoms with E-state index in [0.717, 1.165) is 57.8 Å². The Morgan fingerprint density at radius 3 is 2.86 bits per heavy atom. The summed E-state index contributed by atoms with van der Waals surface area (Å²) in [6, 6.07) is 6.07. The number of ether oxygens (including phenoxy) is 1. The Balaban J connectivity index is 1.23. The lowest BCUT2D eigenvalue weighted by Gasteiger charge is -2.50. The molecule has 0 radical (unpaired) electrons. The summed E-state index contributed by atoms with van der Waals surface area (Å²) in [6.07, 6.45) is 7.73. The first-order valence-electron chi connectivity index (χ1n) is 11.3. The SMILES string of the molecule is C=C1CCC[C@]2(C)C[C@H]3OC(=O)C(CN4CCN(c5ccccn5)CC4)[C@H]3C[C@@H]12. The molecule has 0 N–H and O–H groups in total. The molecule has 29 heavy (non-hydrogen) atoms. The van der Waals surface area contributed by atoms with Gasteiger partial charge in [0.15, 0.2) is 0 Å². The summed E-state index contributed by atoms with van der Waals surface area (Å²) in [6.45, 7) is 11.5. The number of piperazine rings is 1. The first kappa shape index (κ1) is 19.1. The lowest BCUT2D eigenvalue weighted by Crippen LogP contribution is -2.50. The minimum Gasteiger partial charge on any atom is -0.462 e. The third-order valence-corrected chi connectivity index (χ3v) is 8.12. The van der Waals surface area contributed by atoms with Crippen LogP contribution in [0.15, 0.2) is 36.5 Å². The van der Waals surface area contributed by atoms with Crippen molar-refractivity contribution in [1.82, 2.24) is 9.88 Å². The molecular formula is C24H33N3O2. The van der Waals surface area contributed by atoms with Gasteiger partial charge in [-0.1, -0.05) is 25.1 Å². The van der Waals surface area contributed by atoms with Crippen molar-refractivity contribution in [3.63, 3.8) is 0 Å². The maximum Gasteiger partial charge on any atom is 0.310 e. The Morgan fingerprint density at radius 2 is 2.10 bits per heavy atom. The summed E-state index contributed by atoms with van der Waals surface area (Å²) in [4.78, 5) is 22.1. The van der Waals surface area contributed by atoms with Gasteiger partial charge in [-0.15, -0.1) is 0 Å². The number of anilines is 1. The molecule has 4 fully saturated rings. The fraction of sp³-hybridized carbons (Fsp3) is 0.667. The van der Waals surface area contributed by atoms with Gasteiger partial charge in [-0.3, -0.25) is 9.69 Å². The average molecular weight is 396 g/mol. The van der Waals surface area contributed by atoms with Gasteiger partial charge in [0, 0.05) is 44.8 Å². The average Bonchev–Trinajstić information content (AvgIpc) is 3.01. The van der Waals surface area contributed by atoms with Crippen molar-refractivity contribution in [2.24, 2.45) is 23.2 Å². The molecule has 5 nitrogen and oxygen atoms in total. The molecule has 2 saturated carbocycles. The van der Waals surface area contributed by atoms with Crippen LogP contribution in [0, 0.1) is 23.2 Å². The summed E-state index contributed by atoms with van der Waals surface area (Å²) >= 11 is 0. The van der Waals surface area contributed by atoms with Gasteiger partial charge >= 0.3 is 5.97 Å². The Kier molecular flexibility index (Phi) is 4.89. The fourth-order valence-corrected chi connectivity index (χ4v) is 6.44. The number of rotatable bonds is 3. The maximum absolute atomic E-state index is 12.8. The number of nitrogens with zero attached hydrogens (tertiary/aromatic N) is 3. The number of esters is 1. The quantitative estimate of drug-likeness (QED) is 0.579. The highest BCUT2D eigenvalue weighted by Crippen LogP contribution is 2.56. The van der Waals surface area contributed by atoms with Crippen molar-refractivity contribution >= 4 is 11.8 Å². The molecule has 5 heteroatoms. The molecule has 0 amide bonds. The van der Waals surface area contributed by atoms with Gasteiger partial charge in [0.05, 0.1) is 5.92 Å². The van der Waals surface area contributed by atoms with Gasteiger partial charge in [-0.25, -0.2) is 4.98 Å². The molecule has 2 saturated heterocycles. The second-order valence-corrected chi connectivity index (χ2v) is 9.88. The number of hydrogen-bond acceptors (Lipinski definition) is 5. The molecule has 1 aromatic heterocycles. The van der Waals surface area contributed by atoms with Gasteiger partial charge in [0.1, 0.15) is 11.9 Å². The lowest BCUT2D eigenvalue weighted by atomic mass is 9.55. The van der Waals surface area contributed by atoms with E-state index in [0.29, 0.717) is 11.8 Å². The molecule has 0 aromatic carbocycles. The molecule has 3 heterocycles. The van der Waals surface area contributed by atoms with Crippen molar-refractivity contribution in [1.29, 1.82) is 0 Å². The van der Waals surface area contributed by atoms with E-state index >= 15 is 0 Å². The summed E-state index contributed by atoms with van der Waals surface area (Å²) < 4.78 is 5.94. The Labute approximate surface area is 174 Å². The number of carbonyl (C=O) groups excluding carboxylic acids is 1. The molecule has 0 bridgehead atoms. The molecule has 156 valence electrons. The van der Waals surface area contributed by atoms with E-state index < -0.39 is 0 Å². The summed E-state index contributed by atoms with van der Waals surface area (Å²) in [5.74, 6) is 2.05. The zero-order valence-corrected chi connectivity index (χ0v) is 17.6. The normalized spacial score (nSPS) is 37.8. The highest BCUT2D eigenvalue weighted by atomic mass is 16.6. The highest BCUT2D eigenvalue weighted by molar-refractivity contribution is 5.75. The molecule has 2 aliphatic carbocycles. The van der Waals surface area contributed by atoms with Gasteiger partial charge < -0.3 is 9.64 Å². The lowest BCUT2D eigenvalue weighted by molar-refractivity contribution is -0.146. The molecule has 1 aromatic rings. The van der Waals surface area contributed by atoms with E-state index in [4.69, 9.17) is 4.74 Å². The number of carbonyl (C=O) groups is 1. The number of aromatic nitrogens is 1. The van der Waals surface area contributed by atoms with Crippen molar-refractivity contribution in [2.45, 2.75) is 45.1 Å². The van der Waals surface area contributed by atoms with Crippen LogP contribution in [0.25, 0.3) is 0 Å². The topological polar surface area (TPSA) is 45.7 Å². The fourth-order valence-electron chi connectivity index (χ4n) is 6.44. The van der Waals surface area contributed by atoms with Crippen LogP contribution in [0.5, 0.6) is 0 Å². The monoisotopic (exact) mass is 395 g/mol. The van der Waals surface area contributed by atoms with Crippen molar-refractivity contribution in [3.05, 3.63) is 36.5 Å². The van der Waals surface area contributed by atoms with Crippen molar-refractivity contribution in [2.75, 3.05) is 37.6 Å². The van der Waals surface area contributed by atoms with Gasteiger partial charge in [0.25, 0.3) is 0 Å². The first-order chi connectivity index (χ1) is 14.0. The van der Waals surface area contributed by atoms with Crippen LogP contribution in [0.3, 0.4) is 0 Å². The molecule has 5 rings (SSSR count). The van der Waals surface area contributed by atoms with Crippen LogP contribution < -0.4 is 4.90 Å². The largest absolute Gasteiger partial charge is 0.462 e. The van der Waals surface area contributed by atoms with Gasteiger partial charge in [-0.05, 0) is 55.6 Å². The van der Waals surface area contributed by atoms with Crippen LogP contribution in [0.4, 0.5) is 5.82 Å². The van der Waals surface area contributed by atoms with Crippen LogP contribution in [-0.4, -0.2) is 54.7 Å². The third kappa shape index (κ3) is 3.48. The van der Waals surface area contributed by atoms with Crippen LogP contribution in [0.1, 0.15) is 39.0 Å². The van der Waals surface area contributed by atoms with E-state index in [1.807, 2.05) is 18.3 Å². The summed E-state index contributed by atoms with van der Waals surface area (Å²) in [5.41, 5.74) is 1.69. The number of allylic oxidation sites excluding steroid dienone is 1. The zero-order valence-electron chi connectivity index (χ0n) is 17.6. The van der Waals surface area contributed by atoms with Crippen LogP contribution in [0.2, 0.25) is 0 Å². The van der Waals surface area contributed by atoms with E-state index in [-0.39, 0.29) is 23.4 Å². The maximum atomic E-state index is 12.8. The zero-order chi connectivity index (χ0) is 20.0. The number of hydrogen-bond donors (Lipinski definition) is 0. The standard InChI is InChI=1S/C24H33N3O2/c1-17-6-5-8-24(2)15-21-18(14-20(17)24)19(23(28)29-21)16-26-10-12-27(13-11-26)22-7-3-4-9-25-22/h3-4,7,9,18-21H,1,5-6,8,10-16H2,2H3/t18-,19?,20+,21-,24-/m1/s1. The smallest absolute Gasteiger partial charge is 0.310 e. The third-order valence-electron chi connectivity index (χ3n) is 8.12. The van der Waals surface area contributed by atoms with Crippen molar-refractivity contribution < 1.29 is 9.53 Å². The minimum atomic E-state index is 0.0284. The predicted molar refractivity (Wildman–Crippen MR) is 114 cm³/mol. The summed E-state index contributed by atoms with van der Waals surface area (Å²) in [7, 11) is 0. The van der Waals surface area contributed by atoms with Crippen LogP contribution >= 0.6 is 0 Å². The van der Waals surface area contributed by atoms with E-state index in [1.165, 1.54) is 18.4 Å². The highest BCUT2D eigenvalue weighted by Gasteiger charge is 2.55. The minimum absolute atomic E-state index is 0.0284.